The quantitative estimate of drug-likeness (QED) is 0.260. The van der Waals surface area contributed by atoms with E-state index < -0.39 is 28.9 Å². The van der Waals surface area contributed by atoms with Crippen LogP contribution in [0.15, 0.2) is 78.2 Å². The van der Waals surface area contributed by atoms with Gasteiger partial charge in [-0.2, -0.15) is 0 Å². The van der Waals surface area contributed by atoms with E-state index in [9.17, 15) is 14.4 Å². The number of benzene rings is 2. The summed E-state index contributed by atoms with van der Waals surface area (Å²) in [6.07, 6.45) is -0.409. The topological polar surface area (TPSA) is 75.7 Å². The molecule has 186 valence electrons. The Morgan fingerprint density at radius 2 is 1.69 bits per heavy atom. The number of carbonyl (C=O) groups excluding carboxylic acids is 3. The number of thiophene rings is 1. The van der Waals surface area contributed by atoms with E-state index in [1.807, 2.05) is 85.1 Å². The second-order valence-corrected chi connectivity index (χ2v) is 12.0. The highest BCUT2D eigenvalue weighted by Gasteiger charge is 2.66. The highest BCUT2D eigenvalue weighted by Crippen LogP contribution is 2.52. The van der Waals surface area contributed by atoms with E-state index in [0.717, 1.165) is 16.0 Å². The number of ether oxygens (including phenoxy) is 1. The van der Waals surface area contributed by atoms with Crippen LogP contribution in [0.25, 0.3) is 0 Å². The van der Waals surface area contributed by atoms with Gasteiger partial charge in [0.25, 0.3) is 0 Å². The lowest BCUT2D eigenvalue weighted by Crippen LogP contribution is -2.71. The van der Waals surface area contributed by atoms with Crippen LogP contribution >= 0.6 is 34.7 Å². The molecule has 0 radical (unpaired) electrons. The summed E-state index contributed by atoms with van der Waals surface area (Å²) < 4.78 is 5.34. The van der Waals surface area contributed by atoms with Crippen LogP contribution in [-0.4, -0.2) is 50.8 Å². The molecular weight excluding hydrogens is 516 g/mol. The van der Waals surface area contributed by atoms with E-state index in [1.54, 1.807) is 0 Å². The zero-order valence-corrected chi connectivity index (χ0v) is 21.9. The van der Waals surface area contributed by atoms with Crippen LogP contribution in [0.1, 0.15) is 29.0 Å². The number of alkyl halides is 1. The van der Waals surface area contributed by atoms with Crippen molar-refractivity contribution in [2.24, 2.45) is 0 Å². The summed E-state index contributed by atoms with van der Waals surface area (Å²) in [7, 11) is 0. The number of thioether (sulfide) groups is 1. The molecule has 0 spiro atoms. The largest absolute Gasteiger partial charge is 0.451 e. The minimum absolute atomic E-state index is 0.148. The molecule has 1 N–H and O–H groups in total. The first-order chi connectivity index (χ1) is 17.4. The molecule has 6 nitrogen and oxygen atoms in total. The first-order valence-corrected chi connectivity index (χ1v) is 13.9. The summed E-state index contributed by atoms with van der Waals surface area (Å²) in [6, 6.07) is 21.2. The number of nitrogens with zero attached hydrogens (tertiary/aromatic N) is 1. The average Bonchev–Trinajstić information content (AvgIpc) is 3.51. The lowest BCUT2D eigenvalue weighted by molar-refractivity contribution is -0.166. The Labute approximate surface area is 223 Å². The lowest BCUT2D eigenvalue weighted by Gasteiger charge is -2.44. The van der Waals surface area contributed by atoms with Crippen LogP contribution in [0.2, 0.25) is 0 Å². The standard InChI is InChI=1S/C27H25ClN2O4S2/c1-27(16-28)23(26(33)34-22(17-9-4-2-5-10-17)18-11-6-3-7-12-18)30-24(32)21(25(30)36-27)29-20(31)15-19-13-8-14-35-19/h2-14,21-23,25H,15-16H2,1H3,(H,29,31). The van der Waals surface area contributed by atoms with Crippen molar-refractivity contribution in [1.82, 2.24) is 10.2 Å². The number of fused-ring (bicyclic) bond motifs is 1. The maximum absolute atomic E-state index is 13.7. The van der Waals surface area contributed by atoms with Crippen molar-refractivity contribution >= 4 is 52.5 Å². The summed E-state index contributed by atoms with van der Waals surface area (Å²) in [5, 5.41) is 4.38. The fourth-order valence-corrected chi connectivity index (χ4v) is 7.33. The molecule has 4 unspecified atom stereocenters. The van der Waals surface area contributed by atoms with Gasteiger partial charge in [0.1, 0.15) is 17.5 Å². The van der Waals surface area contributed by atoms with Gasteiger partial charge in [-0.1, -0.05) is 66.7 Å². The highest BCUT2D eigenvalue weighted by atomic mass is 35.5. The molecule has 2 aromatic carbocycles. The normalized spacial score (nSPS) is 24.8. The Morgan fingerprint density at radius 1 is 1.06 bits per heavy atom. The SMILES string of the molecule is CC1(CCl)SC2C(NC(=O)Cc3cccs3)C(=O)N2C1C(=O)OC(c1ccccc1)c1ccccc1. The van der Waals surface area contributed by atoms with Crippen molar-refractivity contribution in [2.45, 2.75) is 41.7 Å². The van der Waals surface area contributed by atoms with Crippen molar-refractivity contribution in [3.8, 4) is 0 Å². The zero-order valence-electron chi connectivity index (χ0n) is 19.5. The Bertz CT molecular complexity index is 1200. The summed E-state index contributed by atoms with van der Waals surface area (Å²) in [6.45, 7) is 1.87. The molecule has 0 aliphatic carbocycles. The van der Waals surface area contributed by atoms with Crippen LogP contribution in [0.5, 0.6) is 0 Å². The number of rotatable bonds is 8. The van der Waals surface area contributed by atoms with Gasteiger partial charge < -0.3 is 15.0 Å². The van der Waals surface area contributed by atoms with Crippen molar-refractivity contribution in [2.75, 3.05) is 5.88 Å². The van der Waals surface area contributed by atoms with Crippen LogP contribution in [0, 0.1) is 0 Å². The van der Waals surface area contributed by atoms with Crippen molar-refractivity contribution in [3.63, 3.8) is 0 Å². The summed E-state index contributed by atoms with van der Waals surface area (Å²) in [5.41, 5.74) is 1.67. The fourth-order valence-electron chi connectivity index (χ4n) is 4.68. The molecule has 2 fully saturated rings. The molecular formula is C27H25ClN2O4S2. The molecule has 4 atom stereocenters. The number of carbonyl (C=O) groups is 3. The molecule has 2 amide bonds. The maximum atomic E-state index is 13.7. The molecule has 2 aliphatic heterocycles. The minimum Gasteiger partial charge on any atom is -0.451 e. The van der Waals surface area contributed by atoms with Gasteiger partial charge in [-0.3, -0.25) is 9.59 Å². The van der Waals surface area contributed by atoms with E-state index >= 15 is 0 Å². The van der Waals surface area contributed by atoms with Crippen LogP contribution < -0.4 is 5.32 Å². The second-order valence-electron chi connectivity index (χ2n) is 9.04. The molecule has 5 rings (SSSR count). The van der Waals surface area contributed by atoms with Crippen LogP contribution in [-0.2, 0) is 25.5 Å². The van der Waals surface area contributed by atoms with E-state index in [0.29, 0.717) is 0 Å². The Hall–Kier alpha value is -2.81. The predicted molar refractivity (Wildman–Crippen MR) is 142 cm³/mol. The monoisotopic (exact) mass is 540 g/mol. The number of hydrogen-bond acceptors (Lipinski definition) is 6. The van der Waals surface area contributed by atoms with Gasteiger partial charge >= 0.3 is 5.97 Å². The second kappa shape index (κ2) is 10.3. The van der Waals surface area contributed by atoms with Gasteiger partial charge in [-0.05, 0) is 29.5 Å². The van der Waals surface area contributed by atoms with Crippen molar-refractivity contribution in [1.29, 1.82) is 0 Å². The predicted octanol–water partition coefficient (Wildman–Crippen LogP) is 4.39. The van der Waals surface area contributed by atoms with Crippen molar-refractivity contribution in [3.05, 3.63) is 94.2 Å². The van der Waals surface area contributed by atoms with Gasteiger partial charge in [0, 0.05) is 10.8 Å². The Morgan fingerprint density at radius 3 is 2.25 bits per heavy atom. The maximum Gasteiger partial charge on any atom is 0.331 e. The number of nitrogens with one attached hydrogen (secondary N) is 1. The van der Waals surface area contributed by atoms with E-state index in [-0.39, 0.29) is 29.5 Å². The Kier molecular flexibility index (Phi) is 7.10. The Balaban J connectivity index is 1.35. The molecule has 0 saturated carbocycles. The minimum atomic E-state index is -0.863. The molecule has 0 bridgehead atoms. The molecule has 2 saturated heterocycles. The number of halogens is 1. The molecule has 9 heteroatoms. The van der Waals surface area contributed by atoms with Crippen LogP contribution in [0.4, 0.5) is 0 Å². The molecule has 36 heavy (non-hydrogen) atoms. The first-order valence-electron chi connectivity index (χ1n) is 11.6. The van der Waals surface area contributed by atoms with Crippen molar-refractivity contribution < 1.29 is 19.1 Å². The number of hydrogen-bond donors (Lipinski definition) is 1. The fraction of sp³-hybridized carbons (Fsp3) is 0.296. The molecule has 3 heterocycles. The van der Waals surface area contributed by atoms with Crippen LogP contribution in [0.3, 0.4) is 0 Å². The highest BCUT2D eigenvalue weighted by molar-refractivity contribution is 8.01. The van der Waals surface area contributed by atoms with E-state index in [4.69, 9.17) is 16.3 Å². The third-order valence-electron chi connectivity index (χ3n) is 6.49. The lowest BCUT2D eigenvalue weighted by atomic mass is 9.95. The van der Waals surface area contributed by atoms with E-state index in [1.165, 1.54) is 28.0 Å². The first kappa shape index (κ1) is 24.9. The number of amides is 2. The molecule has 2 aliphatic rings. The number of β-lactam (4-membered cyclic amide) rings is 1. The summed E-state index contributed by atoms with van der Waals surface area (Å²) in [4.78, 5) is 41.9. The third-order valence-corrected chi connectivity index (χ3v) is 9.72. The van der Waals surface area contributed by atoms with E-state index in [2.05, 4.69) is 5.32 Å². The van der Waals surface area contributed by atoms with Gasteiger partial charge in [0.2, 0.25) is 11.8 Å². The molecule has 1 aromatic heterocycles. The van der Waals surface area contributed by atoms with Gasteiger partial charge in [0.05, 0.1) is 11.2 Å². The summed E-state index contributed by atoms with van der Waals surface area (Å²) in [5.74, 6) is -0.876. The van der Waals surface area contributed by atoms with Gasteiger partial charge in [-0.25, -0.2) is 4.79 Å². The van der Waals surface area contributed by atoms with Gasteiger partial charge in [-0.15, -0.1) is 34.7 Å². The summed E-state index contributed by atoms with van der Waals surface area (Å²) >= 11 is 9.29. The average molecular weight is 541 g/mol. The van der Waals surface area contributed by atoms with Gasteiger partial charge in [0.15, 0.2) is 6.10 Å². The molecule has 3 aromatic rings. The third kappa shape index (κ3) is 4.65. The number of esters is 1. The zero-order chi connectivity index (χ0) is 25.3. The smallest absolute Gasteiger partial charge is 0.331 e.